The van der Waals surface area contributed by atoms with E-state index in [1.165, 1.54) is 52.1 Å². The molecule has 156 valence electrons. The maximum Gasteiger partial charge on any atom is 0.362 e. The summed E-state index contributed by atoms with van der Waals surface area (Å²) in [6.07, 6.45) is 11.2. The van der Waals surface area contributed by atoms with E-state index in [2.05, 4.69) is 9.88 Å². The Balaban J connectivity index is 1.58. The zero-order chi connectivity index (χ0) is 20.2. The Labute approximate surface area is 171 Å². The molecule has 6 heteroatoms. The van der Waals surface area contributed by atoms with Gasteiger partial charge in [0.2, 0.25) is 5.69 Å². The lowest BCUT2D eigenvalue weighted by Gasteiger charge is -2.39. The summed E-state index contributed by atoms with van der Waals surface area (Å²) in [4.78, 5) is 32.2. The Bertz CT molecular complexity index is 907. The third kappa shape index (κ3) is 4.22. The number of nitrogens with zero attached hydrogens (tertiary/aromatic N) is 3. The van der Waals surface area contributed by atoms with Crippen molar-refractivity contribution in [2.24, 2.45) is 0 Å². The van der Waals surface area contributed by atoms with Crippen LogP contribution in [0.3, 0.4) is 0 Å². The SMILES string of the molecule is COC(=O)c1nc2ccccc2n(C2CCN(C3CCCCCCC3)CC2)c1=O. The van der Waals surface area contributed by atoms with Crippen molar-refractivity contribution < 1.29 is 9.53 Å². The van der Waals surface area contributed by atoms with Crippen molar-refractivity contribution >= 4 is 17.0 Å². The van der Waals surface area contributed by atoms with Crippen LogP contribution in [0.2, 0.25) is 0 Å². The second kappa shape index (κ2) is 9.08. The largest absolute Gasteiger partial charge is 0.464 e. The van der Waals surface area contributed by atoms with Gasteiger partial charge in [0, 0.05) is 25.2 Å². The predicted molar refractivity (Wildman–Crippen MR) is 113 cm³/mol. The number of hydrogen-bond acceptors (Lipinski definition) is 5. The van der Waals surface area contributed by atoms with Crippen molar-refractivity contribution in [3.05, 3.63) is 40.3 Å². The highest BCUT2D eigenvalue weighted by Crippen LogP contribution is 2.29. The molecule has 1 aliphatic heterocycles. The smallest absolute Gasteiger partial charge is 0.362 e. The molecular weight excluding hydrogens is 366 g/mol. The summed E-state index contributed by atoms with van der Waals surface area (Å²) in [5, 5.41) is 0. The highest BCUT2D eigenvalue weighted by Gasteiger charge is 2.29. The molecule has 1 aliphatic carbocycles. The summed E-state index contributed by atoms with van der Waals surface area (Å²) in [6.45, 7) is 2.01. The number of esters is 1. The van der Waals surface area contributed by atoms with E-state index in [-0.39, 0.29) is 17.3 Å². The van der Waals surface area contributed by atoms with Crippen LogP contribution in [0.15, 0.2) is 29.1 Å². The Kier molecular flexibility index (Phi) is 6.28. The monoisotopic (exact) mass is 397 g/mol. The van der Waals surface area contributed by atoms with Crippen LogP contribution in [0.25, 0.3) is 11.0 Å². The molecule has 6 nitrogen and oxygen atoms in total. The molecule has 0 unspecified atom stereocenters. The maximum atomic E-state index is 13.1. The third-order valence-corrected chi connectivity index (χ3v) is 6.63. The van der Waals surface area contributed by atoms with E-state index in [0.29, 0.717) is 11.6 Å². The lowest BCUT2D eigenvalue weighted by molar-refractivity contribution is 0.0590. The van der Waals surface area contributed by atoms with Gasteiger partial charge in [-0.1, -0.05) is 44.2 Å². The number of rotatable bonds is 3. The number of methoxy groups -OCH3 is 1. The molecule has 0 N–H and O–H groups in total. The molecule has 0 spiro atoms. The fraction of sp³-hybridized carbons (Fsp3) is 0.609. The van der Waals surface area contributed by atoms with E-state index in [1.54, 1.807) is 4.57 Å². The number of carbonyl (C=O) groups is 1. The molecule has 2 heterocycles. The number of carbonyl (C=O) groups excluding carboxylic acids is 1. The first-order valence-electron chi connectivity index (χ1n) is 11.0. The van der Waals surface area contributed by atoms with Crippen LogP contribution < -0.4 is 5.56 Å². The van der Waals surface area contributed by atoms with Crippen LogP contribution in [0.5, 0.6) is 0 Å². The van der Waals surface area contributed by atoms with Crippen molar-refractivity contribution in [3.8, 4) is 0 Å². The van der Waals surface area contributed by atoms with Gasteiger partial charge in [0.05, 0.1) is 18.1 Å². The van der Waals surface area contributed by atoms with Crippen LogP contribution in [-0.2, 0) is 4.74 Å². The molecule has 2 aromatic rings. The lowest BCUT2D eigenvalue weighted by atomic mass is 9.93. The van der Waals surface area contributed by atoms with Crippen molar-refractivity contribution in [1.29, 1.82) is 0 Å². The minimum absolute atomic E-state index is 0.0867. The molecule has 0 bridgehead atoms. The van der Waals surface area contributed by atoms with E-state index in [1.807, 2.05) is 24.3 Å². The van der Waals surface area contributed by atoms with Gasteiger partial charge in [-0.25, -0.2) is 9.78 Å². The minimum Gasteiger partial charge on any atom is -0.464 e. The van der Waals surface area contributed by atoms with Crippen molar-refractivity contribution in [2.75, 3.05) is 20.2 Å². The second-order valence-corrected chi connectivity index (χ2v) is 8.38. The van der Waals surface area contributed by atoms with Gasteiger partial charge in [-0.15, -0.1) is 0 Å². The summed E-state index contributed by atoms with van der Waals surface area (Å²) >= 11 is 0. The van der Waals surface area contributed by atoms with Crippen LogP contribution >= 0.6 is 0 Å². The van der Waals surface area contributed by atoms with Crippen LogP contribution in [0.1, 0.15) is 74.3 Å². The molecule has 1 saturated carbocycles. The highest BCUT2D eigenvalue weighted by molar-refractivity contribution is 5.89. The van der Waals surface area contributed by atoms with Crippen molar-refractivity contribution in [2.45, 2.75) is 69.9 Å². The van der Waals surface area contributed by atoms with Gasteiger partial charge in [0.25, 0.3) is 5.56 Å². The predicted octanol–water partition coefficient (Wildman–Crippen LogP) is 3.93. The van der Waals surface area contributed by atoms with E-state index >= 15 is 0 Å². The van der Waals surface area contributed by atoms with Gasteiger partial charge in [0.1, 0.15) is 0 Å². The third-order valence-electron chi connectivity index (χ3n) is 6.63. The summed E-state index contributed by atoms with van der Waals surface area (Å²) in [5.41, 5.74) is 1.01. The number of likely N-dealkylation sites (tertiary alicyclic amines) is 1. The molecule has 29 heavy (non-hydrogen) atoms. The van der Waals surface area contributed by atoms with Crippen LogP contribution in [0, 0.1) is 0 Å². The zero-order valence-corrected chi connectivity index (χ0v) is 17.3. The summed E-state index contributed by atoms with van der Waals surface area (Å²) in [6, 6.07) is 8.34. The fourth-order valence-electron chi connectivity index (χ4n) is 5.06. The number of hydrogen-bond donors (Lipinski definition) is 0. The van der Waals surface area contributed by atoms with E-state index < -0.39 is 5.97 Å². The Morgan fingerprint density at radius 2 is 1.62 bits per heavy atom. The number of aromatic nitrogens is 2. The molecule has 0 radical (unpaired) electrons. The first kappa shape index (κ1) is 20.1. The van der Waals surface area contributed by atoms with Gasteiger partial charge in [-0.2, -0.15) is 0 Å². The number of piperidine rings is 1. The molecule has 1 saturated heterocycles. The first-order chi connectivity index (χ1) is 14.2. The average molecular weight is 398 g/mol. The quantitative estimate of drug-likeness (QED) is 0.734. The number of ether oxygens (including phenoxy) is 1. The number of para-hydroxylation sites is 2. The molecule has 1 aromatic carbocycles. The van der Waals surface area contributed by atoms with Gasteiger partial charge in [0.15, 0.2) is 0 Å². The van der Waals surface area contributed by atoms with E-state index in [0.717, 1.165) is 31.4 Å². The van der Waals surface area contributed by atoms with Crippen molar-refractivity contribution in [3.63, 3.8) is 0 Å². The topological polar surface area (TPSA) is 64.4 Å². The molecule has 2 aliphatic rings. The molecule has 2 fully saturated rings. The zero-order valence-electron chi connectivity index (χ0n) is 17.3. The van der Waals surface area contributed by atoms with E-state index in [4.69, 9.17) is 4.74 Å². The molecular formula is C23H31N3O3. The Morgan fingerprint density at radius 1 is 0.966 bits per heavy atom. The van der Waals surface area contributed by atoms with Gasteiger partial charge in [-0.05, 0) is 37.8 Å². The van der Waals surface area contributed by atoms with Crippen molar-refractivity contribution in [1.82, 2.24) is 14.5 Å². The second-order valence-electron chi connectivity index (χ2n) is 8.38. The molecule has 1 aromatic heterocycles. The average Bonchev–Trinajstić information content (AvgIpc) is 2.73. The number of benzene rings is 1. The summed E-state index contributed by atoms with van der Waals surface area (Å²) in [7, 11) is 1.29. The normalized spacial score (nSPS) is 20.3. The fourth-order valence-corrected chi connectivity index (χ4v) is 5.06. The summed E-state index contributed by atoms with van der Waals surface area (Å²) in [5.74, 6) is -0.665. The van der Waals surface area contributed by atoms with Gasteiger partial charge in [-0.3, -0.25) is 4.79 Å². The number of fused-ring (bicyclic) bond motifs is 1. The summed E-state index contributed by atoms with van der Waals surface area (Å²) < 4.78 is 6.60. The van der Waals surface area contributed by atoms with Crippen LogP contribution in [-0.4, -0.2) is 46.7 Å². The Hall–Kier alpha value is -2.21. The highest BCUT2D eigenvalue weighted by atomic mass is 16.5. The Morgan fingerprint density at radius 3 is 2.31 bits per heavy atom. The molecule has 0 amide bonds. The lowest BCUT2D eigenvalue weighted by Crippen LogP contribution is -2.44. The molecule has 4 rings (SSSR count). The maximum absolute atomic E-state index is 13.1. The van der Waals surface area contributed by atoms with E-state index in [9.17, 15) is 9.59 Å². The minimum atomic E-state index is -0.665. The van der Waals surface area contributed by atoms with Gasteiger partial charge >= 0.3 is 5.97 Å². The van der Waals surface area contributed by atoms with Gasteiger partial charge < -0.3 is 14.2 Å². The standard InChI is InChI=1S/C23H31N3O3/c1-29-23(28)21-22(27)26(20-12-8-7-11-19(20)24-21)18-13-15-25(16-14-18)17-9-5-3-2-4-6-10-17/h7-8,11-12,17-18H,2-6,9-10,13-16H2,1H3. The van der Waals surface area contributed by atoms with Crippen LogP contribution in [0.4, 0.5) is 0 Å². The first-order valence-corrected chi connectivity index (χ1v) is 11.0. The molecule has 0 atom stereocenters.